The van der Waals surface area contributed by atoms with Gasteiger partial charge in [0, 0.05) is 30.6 Å². The topological polar surface area (TPSA) is 85.4 Å². The summed E-state index contributed by atoms with van der Waals surface area (Å²) in [4.78, 5) is 20.0. The summed E-state index contributed by atoms with van der Waals surface area (Å²) in [7, 11) is 1.67. The smallest absolute Gasteiger partial charge is 0.241 e. The summed E-state index contributed by atoms with van der Waals surface area (Å²) < 4.78 is 7.74. The number of nitrogens with one attached hydrogen (secondary N) is 1. The van der Waals surface area contributed by atoms with Crippen LogP contribution in [0.3, 0.4) is 0 Å². The first-order valence-electron chi connectivity index (χ1n) is 10.7. The molecular formula is C22H31N5O2S. The minimum Gasteiger partial charge on any atom is -0.496 e. The average molecular weight is 430 g/mol. The van der Waals surface area contributed by atoms with E-state index < -0.39 is 6.04 Å². The lowest BCUT2D eigenvalue weighted by Gasteiger charge is -2.39. The molecule has 1 fully saturated rings. The van der Waals surface area contributed by atoms with Gasteiger partial charge in [-0.3, -0.25) is 4.79 Å². The molecule has 0 spiro atoms. The number of hydrogen-bond acceptors (Lipinski definition) is 6. The third kappa shape index (κ3) is 4.22. The lowest BCUT2D eigenvalue weighted by atomic mass is 9.89. The number of imidazole rings is 1. The first-order valence-corrected chi connectivity index (χ1v) is 11.3. The van der Waals surface area contributed by atoms with Crippen LogP contribution in [-0.4, -0.2) is 58.9 Å². The second kappa shape index (κ2) is 9.41. The zero-order valence-corrected chi connectivity index (χ0v) is 18.4. The molecule has 0 unspecified atom stereocenters. The van der Waals surface area contributed by atoms with Crippen LogP contribution in [-0.2, 0) is 11.3 Å². The number of fused-ring (bicyclic) bond motifs is 1. The Bertz CT molecular complexity index is 880. The number of nitrogens with zero attached hydrogens (tertiary/aromatic N) is 3. The monoisotopic (exact) mass is 429 g/mol. The Balaban J connectivity index is 1.69. The van der Waals surface area contributed by atoms with E-state index in [1.54, 1.807) is 7.11 Å². The van der Waals surface area contributed by atoms with Crippen molar-refractivity contribution in [3.8, 4) is 17.0 Å². The van der Waals surface area contributed by atoms with Gasteiger partial charge in [-0.2, -0.15) is 12.6 Å². The van der Waals surface area contributed by atoms with Crippen LogP contribution in [0.2, 0.25) is 0 Å². The highest BCUT2D eigenvalue weighted by atomic mass is 32.1. The Hall–Kier alpha value is -2.03. The number of piperidine rings is 1. The fourth-order valence-electron chi connectivity index (χ4n) is 4.59. The van der Waals surface area contributed by atoms with Crippen LogP contribution in [0.25, 0.3) is 11.3 Å². The molecule has 8 heteroatoms. The van der Waals surface area contributed by atoms with E-state index in [4.69, 9.17) is 15.5 Å². The fraction of sp³-hybridized carbons (Fsp3) is 0.545. The predicted molar refractivity (Wildman–Crippen MR) is 121 cm³/mol. The minimum atomic E-state index is -0.584. The van der Waals surface area contributed by atoms with Crippen LogP contribution < -0.4 is 15.8 Å². The highest BCUT2D eigenvalue weighted by Crippen LogP contribution is 2.37. The standard InChI is InChI=1S/C22H31N5O2S/c1-29-20-5-3-2-4-16(20)18-13-26-10-11-27(22(28)17(23)14-30)19(21(26)25-18)12-15-6-8-24-9-7-15/h2-5,13,15,17,19,24,30H,6-12,14,23H2,1H3/t17-,19-/m0/s1. The summed E-state index contributed by atoms with van der Waals surface area (Å²) in [6, 6.07) is 7.26. The van der Waals surface area contributed by atoms with E-state index >= 15 is 0 Å². The van der Waals surface area contributed by atoms with E-state index in [1.807, 2.05) is 29.2 Å². The Kier molecular flexibility index (Phi) is 6.65. The molecule has 2 aromatic rings. The molecule has 4 rings (SSSR count). The molecule has 1 aromatic carbocycles. The number of nitrogens with two attached hydrogens (primary N) is 1. The molecular weight excluding hydrogens is 398 g/mol. The molecule has 0 saturated carbocycles. The molecule has 2 atom stereocenters. The number of hydrogen-bond donors (Lipinski definition) is 3. The van der Waals surface area contributed by atoms with Gasteiger partial charge in [0.2, 0.25) is 5.91 Å². The Morgan fingerprint density at radius 2 is 2.10 bits per heavy atom. The van der Waals surface area contributed by atoms with Gasteiger partial charge < -0.3 is 25.3 Å². The van der Waals surface area contributed by atoms with E-state index in [2.05, 4.69) is 28.7 Å². The van der Waals surface area contributed by atoms with Gasteiger partial charge in [0.05, 0.1) is 24.9 Å². The fourth-order valence-corrected chi connectivity index (χ4v) is 4.75. The van der Waals surface area contributed by atoms with Gasteiger partial charge in [-0.05, 0) is 50.4 Å². The third-order valence-electron chi connectivity index (χ3n) is 6.26. The molecule has 1 saturated heterocycles. The number of carbonyl (C=O) groups excluding carboxylic acids is 1. The van der Waals surface area contributed by atoms with E-state index in [-0.39, 0.29) is 11.9 Å². The van der Waals surface area contributed by atoms with Gasteiger partial charge in [0.15, 0.2) is 0 Å². The van der Waals surface area contributed by atoms with Gasteiger partial charge in [-0.25, -0.2) is 4.98 Å². The average Bonchev–Trinajstić information content (AvgIpc) is 3.23. The molecule has 162 valence electrons. The first-order chi connectivity index (χ1) is 14.6. The van der Waals surface area contributed by atoms with Crippen LogP contribution in [0.4, 0.5) is 0 Å². The maximum atomic E-state index is 13.1. The number of thiol groups is 1. The third-order valence-corrected chi connectivity index (χ3v) is 6.65. The van der Waals surface area contributed by atoms with Crippen molar-refractivity contribution in [3.63, 3.8) is 0 Å². The number of rotatable bonds is 6. The molecule has 3 heterocycles. The number of carbonyl (C=O) groups is 1. The molecule has 30 heavy (non-hydrogen) atoms. The van der Waals surface area contributed by atoms with Crippen LogP contribution in [0, 0.1) is 5.92 Å². The van der Waals surface area contributed by atoms with Crippen LogP contribution in [0.5, 0.6) is 5.75 Å². The Labute approximate surface area is 183 Å². The highest BCUT2D eigenvalue weighted by Gasteiger charge is 2.36. The molecule has 7 nitrogen and oxygen atoms in total. The van der Waals surface area contributed by atoms with Gasteiger partial charge in [0.25, 0.3) is 0 Å². The van der Waals surface area contributed by atoms with Gasteiger partial charge in [-0.1, -0.05) is 12.1 Å². The number of para-hydroxylation sites is 1. The SMILES string of the molecule is COc1ccccc1-c1cn2c(n1)[C@H](CC1CCNCC1)N(C(=O)[C@@H](N)CS)CC2. The van der Waals surface area contributed by atoms with Crippen LogP contribution >= 0.6 is 12.6 Å². The number of amides is 1. The number of ether oxygens (including phenoxy) is 1. The van der Waals surface area contributed by atoms with Crippen molar-refractivity contribution in [2.24, 2.45) is 11.7 Å². The Morgan fingerprint density at radius 1 is 1.33 bits per heavy atom. The maximum absolute atomic E-state index is 13.1. The number of methoxy groups -OCH3 is 1. The molecule has 3 N–H and O–H groups in total. The van der Waals surface area contributed by atoms with Crippen LogP contribution in [0.15, 0.2) is 30.5 Å². The minimum absolute atomic E-state index is 0.0305. The van der Waals surface area contributed by atoms with Crippen molar-refractivity contribution in [2.45, 2.75) is 37.9 Å². The summed E-state index contributed by atoms with van der Waals surface area (Å²) >= 11 is 4.25. The summed E-state index contributed by atoms with van der Waals surface area (Å²) in [5.74, 6) is 2.62. The van der Waals surface area contributed by atoms with Crippen molar-refractivity contribution in [1.82, 2.24) is 19.8 Å². The van der Waals surface area contributed by atoms with Gasteiger partial charge in [-0.15, -0.1) is 0 Å². The van der Waals surface area contributed by atoms with Crippen molar-refractivity contribution in [1.29, 1.82) is 0 Å². The quantitative estimate of drug-likeness (QED) is 0.613. The van der Waals surface area contributed by atoms with Crippen molar-refractivity contribution >= 4 is 18.5 Å². The van der Waals surface area contributed by atoms with Crippen molar-refractivity contribution in [2.75, 3.05) is 32.5 Å². The van der Waals surface area contributed by atoms with E-state index in [0.29, 0.717) is 24.8 Å². The predicted octanol–water partition coefficient (Wildman–Crippen LogP) is 2.09. The zero-order valence-electron chi connectivity index (χ0n) is 17.5. The van der Waals surface area contributed by atoms with Gasteiger partial charge >= 0.3 is 0 Å². The Morgan fingerprint density at radius 3 is 2.83 bits per heavy atom. The maximum Gasteiger partial charge on any atom is 0.241 e. The summed E-state index contributed by atoms with van der Waals surface area (Å²) in [6.07, 6.45) is 5.24. The largest absolute Gasteiger partial charge is 0.496 e. The molecule has 0 bridgehead atoms. The molecule has 2 aliphatic rings. The second-order valence-corrected chi connectivity index (χ2v) is 8.51. The molecule has 0 radical (unpaired) electrons. The van der Waals surface area contributed by atoms with E-state index in [0.717, 1.165) is 55.2 Å². The molecule has 2 aliphatic heterocycles. The second-order valence-electron chi connectivity index (χ2n) is 8.14. The zero-order chi connectivity index (χ0) is 21.1. The molecule has 1 aromatic heterocycles. The molecule has 1 amide bonds. The van der Waals surface area contributed by atoms with Crippen molar-refractivity contribution in [3.05, 3.63) is 36.3 Å². The van der Waals surface area contributed by atoms with E-state index in [9.17, 15) is 4.79 Å². The highest BCUT2D eigenvalue weighted by molar-refractivity contribution is 7.80. The summed E-state index contributed by atoms with van der Waals surface area (Å²) in [6.45, 7) is 3.42. The van der Waals surface area contributed by atoms with Crippen molar-refractivity contribution < 1.29 is 9.53 Å². The lowest BCUT2D eigenvalue weighted by molar-refractivity contribution is -0.136. The van der Waals surface area contributed by atoms with Crippen LogP contribution in [0.1, 0.15) is 31.1 Å². The summed E-state index contributed by atoms with van der Waals surface area (Å²) in [5, 5.41) is 3.43. The van der Waals surface area contributed by atoms with E-state index in [1.165, 1.54) is 0 Å². The first kappa shape index (κ1) is 21.2. The number of benzene rings is 1. The normalized spacial score (nSPS) is 20.6. The summed E-state index contributed by atoms with van der Waals surface area (Å²) in [5.41, 5.74) is 7.92. The van der Waals surface area contributed by atoms with Gasteiger partial charge in [0.1, 0.15) is 11.6 Å². The lowest BCUT2D eigenvalue weighted by Crippen LogP contribution is -2.50. The molecule has 0 aliphatic carbocycles. The number of aromatic nitrogens is 2.